The Hall–Kier alpha value is -1.26. The molecule has 0 saturated heterocycles. The molecule has 0 spiro atoms. The molecule has 108 valence electrons. The second kappa shape index (κ2) is 6.46. The minimum absolute atomic E-state index is 0.248. The van der Waals surface area contributed by atoms with Gasteiger partial charge >= 0.3 is 0 Å². The van der Waals surface area contributed by atoms with Crippen LogP contribution in [0.5, 0.6) is 0 Å². The number of nitrogens with one attached hydrogen (secondary N) is 1. The number of hydrogen-bond acceptors (Lipinski definition) is 2. The van der Waals surface area contributed by atoms with Crippen LogP contribution in [0.25, 0.3) is 0 Å². The van der Waals surface area contributed by atoms with Crippen molar-refractivity contribution in [2.45, 2.75) is 33.2 Å². The molecule has 0 radical (unpaired) electrons. The maximum absolute atomic E-state index is 13.1. The third-order valence-corrected chi connectivity index (χ3v) is 4.31. The smallest absolute Gasteiger partial charge is 0.126 e. The molecule has 0 amide bonds. The predicted octanol–water partition coefficient (Wildman–Crippen LogP) is 4.54. The van der Waals surface area contributed by atoms with Gasteiger partial charge in [0.15, 0.2) is 0 Å². The van der Waals surface area contributed by atoms with E-state index in [2.05, 4.69) is 32.2 Å². The molecule has 0 saturated carbocycles. The Morgan fingerprint density at radius 1 is 1.10 bits per heavy atom. The fraction of sp³-hybridized carbons (Fsp3) is 0.375. The lowest BCUT2D eigenvalue weighted by molar-refractivity contribution is 0.563. The highest BCUT2D eigenvalue weighted by atomic mass is 32.1. The summed E-state index contributed by atoms with van der Waals surface area (Å²) in [5.41, 5.74) is 1.98. The molecule has 1 unspecified atom stereocenters. The molecule has 0 aliphatic heterocycles. The average Bonchev–Trinajstić information content (AvgIpc) is 2.67. The van der Waals surface area contributed by atoms with Gasteiger partial charge in [0.05, 0.1) is 0 Å². The Morgan fingerprint density at radius 3 is 2.30 bits per heavy atom. The van der Waals surface area contributed by atoms with Gasteiger partial charge in [0, 0.05) is 21.9 Å². The van der Waals surface area contributed by atoms with E-state index >= 15 is 0 Å². The molecule has 0 aliphatic rings. The highest BCUT2D eigenvalue weighted by Gasteiger charge is 2.10. The van der Waals surface area contributed by atoms with Crippen LogP contribution in [0.4, 0.5) is 8.78 Å². The minimum Gasteiger partial charge on any atom is -0.310 e. The number of hydrogen-bond donors (Lipinski definition) is 1. The highest BCUT2D eigenvalue weighted by molar-refractivity contribution is 7.12. The largest absolute Gasteiger partial charge is 0.310 e. The van der Waals surface area contributed by atoms with Crippen molar-refractivity contribution in [1.82, 2.24) is 5.32 Å². The maximum atomic E-state index is 13.1. The van der Waals surface area contributed by atoms with Crippen LogP contribution in [0.3, 0.4) is 0 Å². The first-order valence-corrected chi connectivity index (χ1v) is 7.52. The van der Waals surface area contributed by atoms with Gasteiger partial charge in [-0.2, -0.15) is 0 Å². The van der Waals surface area contributed by atoms with Gasteiger partial charge in [-0.15, -0.1) is 11.3 Å². The van der Waals surface area contributed by atoms with E-state index in [9.17, 15) is 8.78 Å². The van der Waals surface area contributed by atoms with Gasteiger partial charge in [-0.25, -0.2) is 8.78 Å². The normalized spacial score (nSPS) is 12.7. The zero-order chi connectivity index (χ0) is 14.7. The van der Waals surface area contributed by atoms with E-state index in [0.717, 1.165) is 6.07 Å². The summed E-state index contributed by atoms with van der Waals surface area (Å²) in [6.07, 6.45) is 0.612. The molecule has 1 heterocycles. The molecule has 0 bridgehead atoms. The van der Waals surface area contributed by atoms with Crippen molar-refractivity contribution in [1.29, 1.82) is 0 Å². The summed E-state index contributed by atoms with van der Waals surface area (Å²) in [6, 6.07) is 6.11. The van der Waals surface area contributed by atoms with E-state index in [1.807, 2.05) is 0 Å². The molecule has 20 heavy (non-hydrogen) atoms. The third-order valence-electron chi connectivity index (χ3n) is 3.33. The number of aryl methyl sites for hydroxylation is 2. The summed E-state index contributed by atoms with van der Waals surface area (Å²) in [5, 5.41) is 3.40. The van der Waals surface area contributed by atoms with Gasteiger partial charge < -0.3 is 5.32 Å². The van der Waals surface area contributed by atoms with E-state index in [1.54, 1.807) is 11.3 Å². The fourth-order valence-corrected chi connectivity index (χ4v) is 3.40. The van der Waals surface area contributed by atoms with Gasteiger partial charge in [0.25, 0.3) is 0 Å². The van der Waals surface area contributed by atoms with Crippen molar-refractivity contribution in [2.24, 2.45) is 0 Å². The summed E-state index contributed by atoms with van der Waals surface area (Å²) in [7, 11) is 0. The summed E-state index contributed by atoms with van der Waals surface area (Å²) in [5.74, 6) is -1.03. The molecular formula is C16H19F2NS. The number of benzene rings is 1. The lowest BCUT2D eigenvalue weighted by Crippen LogP contribution is -2.21. The van der Waals surface area contributed by atoms with Crippen LogP contribution < -0.4 is 5.32 Å². The summed E-state index contributed by atoms with van der Waals surface area (Å²) >= 11 is 1.79. The van der Waals surface area contributed by atoms with Gasteiger partial charge in [-0.1, -0.05) is 0 Å². The molecule has 1 N–H and O–H groups in total. The Labute approximate surface area is 122 Å². The SMILES string of the molecule is Cc1cc(C(C)NCCc2cc(F)cc(F)c2)c(C)s1. The Bertz CT molecular complexity index is 572. The first-order chi connectivity index (χ1) is 9.45. The summed E-state index contributed by atoms with van der Waals surface area (Å²) in [4.78, 5) is 2.62. The number of thiophene rings is 1. The highest BCUT2D eigenvalue weighted by Crippen LogP contribution is 2.26. The van der Waals surface area contributed by atoms with Gasteiger partial charge in [0.2, 0.25) is 0 Å². The molecule has 2 aromatic rings. The molecule has 1 aromatic carbocycles. The molecular weight excluding hydrogens is 276 g/mol. The molecule has 1 nitrogen and oxygen atoms in total. The van der Waals surface area contributed by atoms with Crippen molar-refractivity contribution < 1.29 is 8.78 Å². The average molecular weight is 295 g/mol. The van der Waals surface area contributed by atoms with Crippen molar-refractivity contribution in [2.75, 3.05) is 6.54 Å². The second-order valence-electron chi connectivity index (χ2n) is 5.07. The van der Waals surface area contributed by atoms with Crippen molar-refractivity contribution in [3.05, 3.63) is 56.8 Å². The number of rotatable bonds is 5. The molecule has 2 rings (SSSR count). The van der Waals surface area contributed by atoms with Crippen LogP contribution in [0.15, 0.2) is 24.3 Å². The number of halogens is 2. The molecule has 1 atom stereocenters. The molecule has 0 fully saturated rings. The van der Waals surface area contributed by atoms with Crippen LogP contribution in [-0.4, -0.2) is 6.54 Å². The fourth-order valence-electron chi connectivity index (χ4n) is 2.38. The van der Waals surface area contributed by atoms with Crippen LogP contribution in [-0.2, 0) is 6.42 Å². The van der Waals surface area contributed by atoms with Crippen LogP contribution in [0.2, 0.25) is 0 Å². The topological polar surface area (TPSA) is 12.0 Å². The summed E-state index contributed by atoms with van der Waals surface area (Å²) < 4.78 is 26.2. The van der Waals surface area contributed by atoms with E-state index < -0.39 is 11.6 Å². The monoisotopic (exact) mass is 295 g/mol. The van der Waals surface area contributed by atoms with Crippen molar-refractivity contribution in [3.8, 4) is 0 Å². The van der Waals surface area contributed by atoms with E-state index in [-0.39, 0.29) is 6.04 Å². The zero-order valence-electron chi connectivity index (χ0n) is 12.0. The summed E-state index contributed by atoms with van der Waals surface area (Å²) in [6.45, 7) is 7.02. The van der Waals surface area contributed by atoms with Crippen molar-refractivity contribution in [3.63, 3.8) is 0 Å². The van der Waals surface area contributed by atoms with Crippen LogP contribution >= 0.6 is 11.3 Å². The van der Waals surface area contributed by atoms with Gasteiger partial charge in [-0.05, 0) is 63.1 Å². The van der Waals surface area contributed by atoms with E-state index in [4.69, 9.17) is 0 Å². The van der Waals surface area contributed by atoms with Crippen LogP contribution in [0.1, 0.15) is 33.8 Å². The van der Waals surface area contributed by atoms with E-state index in [0.29, 0.717) is 18.5 Å². The minimum atomic E-state index is -0.516. The van der Waals surface area contributed by atoms with E-state index in [1.165, 1.54) is 27.5 Å². The Morgan fingerprint density at radius 2 is 1.75 bits per heavy atom. The molecule has 0 aliphatic carbocycles. The maximum Gasteiger partial charge on any atom is 0.126 e. The van der Waals surface area contributed by atoms with Gasteiger partial charge in [-0.3, -0.25) is 0 Å². The third kappa shape index (κ3) is 3.87. The standard InChI is InChI=1S/C16H19F2NS/c1-10-6-16(12(3)20-10)11(2)19-5-4-13-7-14(17)9-15(18)8-13/h6-9,11,19H,4-5H2,1-3H3. The van der Waals surface area contributed by atoms with Crippen molar-refractivity contribution >= 4 is 11.3 Å². The van der Waals surface area contributed by atoms with Gasteiger partial charge in [0.1, 0.15) is 11.6 Å². The lowest BCUT2D eigenvalue weighted by atomic mass is 10.1. The Balaban J connectivity index is 1.91. The zero-order valence-corrected chi connectivity index (χ0v) is 12.8. The first-order valence-electron chi connectivity index (χ1n) is 6.71. The first kappa shape index (κ1) is 15.1. The molecule has 1 aromatic heterocycles. The predicted molar refractivity (Wildman–Crippen MR) is 80.3 cm³/mol. The molecule has 4 heteroatoms. The van der Waals surface area contributed by atoms with Crippen LogP contribution in [0, 0.1) is 25.5 Å². The second-order valence-corrected chi connectivity index (χ2v) is 6.53. The quantitative estimate of drug-likeness (QED) is 0.854. The lowest BCUT2D eigenvalue weighted by Gasteiger charge is -2.14. The Kier molecular flexibility index (Phi) is 4.89.